The van der Waals surface area contributed by atoms with Gasteiger partial charge in [-0.05, 0) is 25.1 Å². The number of nitrogens with zero attached hydrogens (tertiary/aromatic N) is 4. The lowest BCUT2D eigenvalue weighted by Gasteiger charge is -2.16. The predicted octanol–water partition coefficient (Wildman–Crippen LogP) is -0.568. The topological polar surface area (TPSA) is 216 Å². The van der Waals surface area contributed by atoms with Gasteiger partial charge < -0.3 is 34.9 Å². The first-order valence-electron chi connectivity index (χ1n) is 10.3. The molecule has 0 radical (unpaired) electrons. The Morgan fingerprint density at radius 1 is 1.17 bits per heavy atom. The molecule has 4 rings (SSSR count). The Balaban J connectivity index is 1.52. The number of aliphatic hydroxyl groups excluding tert-OH is 2. The first kappa shape index (κ1) is 24.4. The van der Waals surface area contributed by atoms with Crippen LogP contribution in [0.3, 0.4) is 0 Å². The number of carbonyl (C=O) groups excluding carboxylic acids is 2. The number of benzene rings is 1. The van der Waals surface area contributed by atoms with Crippen LogP contribution in [-0.2, 0) is 20.8 Å². The molecule has 3 amide bonds. The third kappa shape index (κ3) is 5.20. The number of hydrogen-bond acceptors (Lipinski definition) is 10. The summed E-state index contributed by atoms with van der Waals surface area (Å²) in [6, 6.07) is 5.33. The monoisotopic (exact) mass is 505 g/mol. The summed E-state index contributed by atoms with van der Waals surface area (Å²) in [5.41, 5.74) is 0.892. The van der Waals surface area contributed by atoms with E-state index in [0.29, 0.717) is 12.2 Å². The molecule has 1 aliphatic rings. The highest BCUT2D eigenvalue weighted by Gasteiger charge is 2.47. The van der Waals surface area contributed by atoms with Crippen molar-refractivity contribution in [3.8, 4) is 0 Å². The highest BCUT2D eigenvalue weighted by molar-refractivity contribution is 7.80. The summed E-state index contributed by atoms with van der Waals surface area (Å²) in [7, 11) is 0. The number of imidazole rings is 1. The van der Waals surface area contributed by atoms with E-state index < -0.39 is 47.7 Å². The zero-order valence-electron chi connectivity index (χ0n) is 18.1. The fourth-order valence-corrected chi connectivity index (χ4v) is 3.86. The second-order valence-corrected chi connectivity index (χ2v) is 8.04. The number of fused-ring (bicyclic) bond motifs is 1. The highest BCUT2D eigenvalue weighted by Crippen LogP contribution is 2.32. The van der Waals surface area contributed by atoms with E-state index in [1.165, 1.54) is 23.0 Å². The quantitative estimate of drug-likeness (QED) is 0.225. The minimum atomic E-state index is -2.52. The van der Waals surface area contributed by atoms with Crippen LogP contribution in [0.1, 0.15) is 13.2 Å². The molecule has 35 heavy (non-hydrogen) atoms. The van der Waals surface area contributed by atoms with Crippen molar-refractivity contribution in [2.45, 2.75) is 31.5 Å². The number of rotatable bonds is 7. The summed E-state index contributed by atoms with van der Waals surface area (Å²) < 4.78 is 30.7. The Bertz CT molecular complexity index is 1270. The molecular weight excluding hydrogens is 484 g/mol. The molecule has 0 bridgehead atoms. The Morgan fingerprint density at radius 3 is 2.69 bits per heavy atom. The maximum absolute atomic E-state index is 12.5. The summed E-state index contributed by atoms with van der Waals surface area (Å²) in [5.74, 6) is -0.533. The van der Waals surface area contributed by atoms with Gasteiger partial charge in [-0.25, -0.2) is 19.7 Å². The lowest BCUT2D eigenvalue weighted by molar-refractivity contribution is -0.137. The van der Waals surface area contributed by atoms with Gasteiger partial charge in [0.2, 0.25) is 0 Å². The molecule has 186 valence electrons. The fraction of sp³-hybridized carbons (Fsp3) is 0.316. The van der Waals surface area contributed by atoms with Crippen molar-refractivity contribution in [1.29, 1.82) is 0 Å². The van der Waals surface area contributed by atoms with Gasteiger partial charge in [0.25, 0.3) is 5.91 Å². The molecule has 0 aliphatic carbocycles. The Hall–Kier alpha value is -3.70. The zero-order valence-corrected chi connectivity index (χ0v) is 18.9. The van der Waals surface area contributed by atoms with Gasteiger partial charge in [-0.2, -0.15) is 0 Å². The van der Waals surface area contributed by atoms with Gasteiger partial charge in [0, 0.05) is 29.2 Å². The number of ether oxygens (including phenoxy) is 1. The number of aromatic nitrogens is 4. The Morgan fingerprint density at radius 2 is 1.94 bits per heavy atom. The summed E-state index contributed by atoms with van der Waals surface area (Å²) in [5, 5.41) is 28.3. The van der Waals surface area contributed by atoms with Crippen LogP contribution in [0.2, 0.25) is 0 Å². The van der Waals surface area contributed by atoms with E-state index in [4.69, 9.17) is 4.74 Å². The van der Waals surface area contributed by atoms with Gasteiger partial charge in [-0.1, -0.05) is 6.07 Å². The van der Waals surface area contributed by atoms with Gasteiger partial charge in [0.05, 0.1) is 6.33 Å². The van der Waals surface area contributed by atoms with Crippen LogP contribution in [0.4, 0.5) is 22.0 Å². The van der Waals surface area contributed by atoms with E-state index >= 15 is 0 Å². The van der Waals surface area contributed by atoms with E-state index in [1.807, 2.05) is 0 Å². The highest BCUT2D eigenvalue weighted by atomic mass is 32.2. The molecule has 1 aromatic carbocycles. The van der Waals surface area contributed by atoms with Crippen molar-refractivity contribution < 1.29 is 33.3 Å². The predicted molar refractivity (Wildman–Crippen MR) is 122 cm³/mol. The number of nitrogens with one attached hydrogen (secondary N) is 4. The molecule has 3 heterocycles. The first-order valence-corrected chi connectivity index (χ1v) is 11.4. The van der Waals surface area contributed by atoms with Crippen molar-refractivity contribution in [2.24, 2.45) is 0 Å². The van der Waals surface area contributed by atoms with Gasteiger partial charge in [-0.3, -0.25) is 18.9 Å². The van der Waals surface area contributed by atoms with Crippen molar-refractivity contribution in [3.05, 3.63) is 36.9 Å². The number of hydrogen-bond donors (Lipinski definition) is 6. The molecule has 1 fully saturated rings. The SMILES string of the molecule is CCNC(=O)[C@H]1O[C@@H](n2cnc3c(NC(=O)Nc4cccc(NS(=O)[O-])c4)ncnc32)[C@H](O)[C@@H]1O. The van der Waals surface area contributed by atoms with E-state index in [0.717, 1.165) is 6.33 Å². The lowest BCUT2D eigenvalue weighted by Crippen LogP contribution is -2.42. The normalized spacial score (nSPS) is 22.5. The van der Waals surface area contributed by atoms with E-state index in [1.54, 1.807) is 19.1 Å². The molecular formula is C19H21N8O7S-. The molecule has 0 saturated carbocycles. The maximum Gasteiger partial charge on any atom is 0.324 e. The van der Waals surface area contributed by atoms with Gasteiger partial charge in [0.1, 0.15) is 18.5 Å². The van der Waals surface area contributed by atoms with Gasteiger partial charge in [0.15, 0.2) is 29.3 Å². The van der Waals surface area contributed by atoms with E-state index in [2.05, 4.69) is 35.6 Å². The number of carbonyl (C=O) groups is 2. The molecule has 15 nitrogen and oxygen atoms in total. The summed E-state index contributed by atoms with van der Waals surface area (Å²) in [6.45, 7) is 2.03. The van der Waals surface area contributed by atoms with Crippen molar-refractivity contribution >= 4 is 51.6 Å². The molecule has 1 saturated heterocycles. The molecule has 0 spiro atoms. The van der Waals surface area contributed by atoms with Crippen molar-refractivity contribution in [1.82, 2.24) is 24.8 Å². The minimum Gasteiger partial charge on any atom is -0.755 e. The Kier molecular flexibility index (Phi) is 7.17. The van der Waals surface area contributed by atoms with Crippen LogP contribution < -0.4 is 20.7 Å². The van der Waals surface area contributed by atoms with Crippen LogP contribution in [-0.4, -0.2) is 75.3 Å². The van der Waals surface area contributed by atoms with Crippen molar-refractivity contribution in [2.75, 3.05) is 21.9 Å². The number of aliphatic hydroxyl groups is 2. The van der Waals surface area contributed by atoms with Crippen LogP contribution >= 0.6 is 0 Å². The van der Waals surface area contributed by atoms with Gasteiger partial charge >= 0.3 is 6.03 Å². The standard InChI is InChI=1S/C19H22N8O7S/c1-2-20-17(30)14-12(28)13(29)18(34-14)27-8-23-11-15(21-7-22-16(11)27)25-19(31)24-9-4-3-5-10(6-9)26-35(32)33/h3-8,12-14,18,26,28-29H,2H2,1H3,(H,20,30)(H,32,33)(H2,21,22,24,25,31)/p-1/t12-,13+,14-,18+/m0/s1. The molecule has 1 unspecified atom stereocenters. The number of likely N-dealkylation sites (N-methyl/N-ethyl adjacent to an activating group) is 1. The zero-order chi connectivity index (χ0) is 25.1. The van der Waals surface area contributed by atoms with E-state index in [-0.39, 0.29) is 22.7 Å². The molecule has 16 heteroatoms. The molecule has 2 aromatic heterocycles. The number of urea groups is 1. The van der Waals surface area contributed by atoms with Crippen molar-refractivity contribution in [3.63, 3.8) is 0 Å². The maximum atomic E-state index is 12.5. The second kappa shape index (κ2) is 10.3. The third-order valence-electron chi connectivity index (χ3n) is 5.03. The molecule has 5 atom stereocenters. The summed E-state index contributed by atoms with van der Waals surface area (Å²) in [6.07, 6.45) is -2.94. The molecule has 3 aromatic rings. The largest absolute Gasteiger partial charge is 0.755 e. The number of amides is 3. The van der Waals surface area contributed by atoms with Crippen LogP contribution in [0.15, 0.2) is 36.9 Å². The van der Waals surface area contributed by atoms with Gasteiger partial charge in [-0.15, -0.1) is 0 Å². The fourth-order valence-electron chi connectivity index (χ4n) is 3.54. The average molecular weight is 505 g/mol. The van der Waals surface area contributed by atoms with Crippen LogP contribution in [0.25, 0.3) is 11.2 Å². The third-order valence-corrected chi connectivity index (χ3v) is 5.44. The molecule has 1 aliphatic heterocycles. The first-order chi connectivity index (χ1) is 16.8. The Labute approximate surface area is 200 Å². The minimum absolute atomic E-state index is 0.0366. The average Bonchev–Trinajstić information content (AvgIpc) is 3.35. The smallest absolute Gasteiger partial charge is 0.324 e. The van der Waals surface area contributed by atoms with Crippen LogP contribution in [0.5, 0.6) is 0 Å². The second-order valence-electron chi connectivity index (χ2n) is 7.37. The molecule has 6 N–H and O–H groups in total. The lowest BCUT2D eigenvalue weighted by atomic mass is 10.1. The summed E-state index contributed by atoms with van der Waals surface area (Å²) >= 11 is -2.52. The van der Waals surface area contributed by atoms with Crippen LogP contribution in [0, 0.1) is 0 Å². The summed E-state index contributed by atoms with van der Waals surface area (Å²) in [4.78, 5) is 36.9. The number of anilines is 3. The van der Waals surface area contributed by atoms with E-state index in [9.17, 15) is 28.6 Å².